The number of nitrogens with zero attached hydrogens (tertiary/aromatic N) is 1. The van der Waals surface area contributed by atoms with Crippen LogP contribution in [0.4, 0.5) is 5.69 Å². The zero-order valence-corrected chi connectivity index (χ0v) is 9.62. The summed E-state index contributed by atoms with van der Waals surface area (Å²) in [6, 6.07) is 7.60. The lowest BCUT2D eigenvalue weighted by Crippen LogP contribution is -2.28. The number of benzene rings is 1. The fraction of sp³-hybridized carbons (Fsp3) is 0.300. The summed E-state index contributed by atoms with van der Waals surface area (Å²) in [6.07, 6.45) is 0.373. The van der Waals surface area contributed by atoms with E-state index in [1.54, 1.807) is 11.9 Å². The average molecular weight is 257 g/mol. The second-order valence-corrected chi connectivity index (χ2v) is 3.80. The van der Waals surface area contributed by atoms with E-state index in [-0.39, 0.29) is 5.91 Å². The lowest BCUT2D eigenvalue weighted by Gasteiger charge is -2.18. The number of carbonyl (C=O) groups excluding carboxylic acids is 1. The molecule has 1 amide bonds. The van der Waals surface area contributed by atoms with Gasteiger partial charge in [-0.25, -0.2) is 0 Å². The van der Waals surface area contributed by atoms with Crippen molar-refractivity contribution in [1.29, 1.82) is 0 Å². The van der Waals surface area contributed by atoms with E-state index >= 15 is 0 Å². The van der Waals surface area contributed by atoms with Gasteiger partial charge in [-0.05, 0) is 28.1 Å². The van der Waals surface area contributed by atoms with Gasteiger partial charge in [0.25, 0.3) is 0 Å². The summed E-state index contributed by atoms with van der Waals surface area (Å²) in [5.74, 6) is 0.0272. The van der Waals surface area contributed by atoms with E-state index in [4.69, 9.17) is 5.73 Å². The molecule has 0 fully saturated rings. The molecule has 2 N–H and O–H groups in total. The SMILES string of the molecule is CN(C(=O)CCN)c1ccccc1Br. The molecule has 0 aliphatic rings. The van der Waals surface area contributed by atoms with Gasteiger partial charge >= 0.3 is 0 Å². The van der Waals surface area contributed by atoms with Crippen molar-refractivity contribution < 1.29 is 4.79 Å². The first kappa shape index (κ1) is 11.2. The molecule has 0 saturated carbocycles. The average Bonchev–Trinajstić information content (AvgIpc) is 2.18. The summed E-state index contributed by atoms with van der Waals surface area (Å²) in [6.45, 7) is 0.383. The third-order valence-corrected chi connectivity index (χ3v) is 2.62. The number of hydrogen-bond acceptors (Lipinski definition) is 2. The van der Waals surface area contributed by atoms with Crippen LogP contribution in [0.3, 0.4) is 0 Å². The van der Waals surface area contributed by atoms with Gasteiger partial charge in [0.05, 0.1) is 5.69 Å². The predicted octanol–water partition coefficient (Wildman–Crippen LogP) is 1.76. The Balaban J connectivity index is 2.84. The Morgan fingerprint density at radius 3 is 2.71 bits per heavy atom. The van der Waals surface area contributed by atoms with Crippen LogP contribution in [0.15, 0.2) is 28.7 Å². The first-order valence-electron chi connectivity index (χ1n) is 4.38. The Labute approximate surface area is 92.0 Å². The molecule has 0 saturated heterocycles. The van der Waals surface area contributed by atoms with E-state index in [1.165, 1.54) is 0 Å². The van der Waals surface area contributed by atoms with Crippen LogP contribution in [-0.4, -0.2) is 19.5 Å². The van der Waals surface area contributed by atoms with Crippen molar-refractivity contribution in [3.8, 4) is 0 Å². The summed E-state index contributed by atoms with van der Waals surface area (Å²) >= 11 is 3.39. The minimum absolute atomic E-state index is 0.0272. The van der Waals surface area contributed by atoms with Gasteiger partial charge in [0.1, 0.15) is 0 Å². The quantitative estimate of drug-likeness (QED) is 0.896. The second-order valence-electron chi connectivity index (χ2n) is 2.94. The molecule has 0 bridgehead atoms. The molecular formula is C10H13BrN2O. The Kier molecular flexibility index (Phi) is 4.10. The summed E-state index contributed by atoms with van der Waals surface area (Å²) in [7, 11) is 1.75. The third kappa shape index (κ3) is 2.56. The molecule has 4 heteroatoms. The fourth-order valence-electron chi connectivity index (χ4n) is 1.15. The summed E-state index contributed by atoms with van der Waals surface area (Å²) in [4.78, 5) is 13.1. The van der Waals surface area contributed by atoms with E-state index < -0.39 is 0 Å². The van der Waals surface area contributed by atoms with Crippen molar-refractivity contribution in [2.75, 3.05) is 18.5 Å². The lowest BCUT2D eigenvalue weighted by molar-refractivity contribution is -0.118. The smallest absolute Gasteiger partial charge is 0.228 e. The largest absolute Gasteiger partial charge is 0.330 e. The van der Waals surface area contributed by atoms with Crippen LogP contribution in [0.25, 0.3) is 0 Å². The van der Waals surface area contributed by atoms with Crippen molar-refractivity contribution >= 4 is 27.5 Å². The van der Waals surface area contributed by atoms with Crippen molar-refractivity contribution in [2.24, 2.45) is 5.73 Å². The van der Waals surface area contributed by atoms with Gasteiger partial charge in [-0.3, -0.25) is 4.79 Å². The van der Waals surface area contributed by atoms with E-state index in [1.807, 2.05) is 24.3 Å². The molecule has 1 aromatic carbocycles. The van der Waals surface area contributed by atoms with Gasteiger partial charge in [-0.2, -0.15) is 0 Å². The van der Waals surface area contributed by atoms with Crippen LogP contribution in [-0.2, 0) is 4.79 Å². The van der Waals surface area contributed by atoms with Crippen LogP contribution in [0.5, 0.6) is 0 Å². The molecule has 1 aromatic rings. The number of carbonyl (C=O) groups is 1. The second kappa shape index (κ2) is 5.12. The molecule has 0 atom stereocenters. The zero-order valence-electron chi connectivity index (χ0n) is 8.03. The molecule has 0 aliphatic carbocycles. The molecule has 3 nitrogen and oxygen atoms in total. The summed E-state index contributed by atoms with van der Waals surface area (Å²) in [5, 5.41) is 0. The Morgan fingerprint density at radius 1 is 1.50 bits per heavy atom. The van der Waals surface area contributed by atoms with Gasteiger partial charge in [-0.15, -0.1) is 0 Å². The monoisotopic (exact) mass is 256 g/mol. The molecular weight excluding hydrogens is 244 g/mol. The van der Waals surface area contributed by atoms with Gasteiger partial charge in [-0.1, -0.05) is 12.1 Å². The maximum absolute atomic E-state index is 11.5. The maximum Gasteiger partial charge on any atom is 0.228 e. The van der Waals surface area contributed by atoms with E-state index in [2.05, 4.69) is 15.9 Å². The number of hydrogen-bond donors (Lipinski definition) is 1. The summed E-state index contributed by atoms with van der Waals surface area (Å²) in [5.41, 5.74) is 6.19. The number of rotatable bonds is 3. The van der Waals surface area contributed by atoms with Gasteiger partial charge < -0.3 is 10.6 Å². The number of amides is 1. The Bertz CT molecular complexity index is 328. The number of nitrogens with two attached hydrogens (primary N) is 1. The van der Waals surface area contributed by atoms with Crippen LogP contribution in [0, 0.1) is 0 Å². The molecule has 14 heavy (non-hydrogen) atoms. The maximum atomic E-state index is 11.5. The van der Waals surface area contributed by atoms with Crippen molar-refractivity contribution in [1.82, 2.24) is 0 Å². The molecule has 0 aliphatic heterocycles. The third-order valence-electron chi connectivity index (χ3n) is 1.95. The van der Waals surface area contributed by atoms with Crippen molar-refractivity contribution in [3.05, 3.63) is 28.7 Å². The van der Waals surface area contributed by atoms with Gasteiger partial charge in [0, 0.05) is 24.5 Å². The predicted molar refractivity (Wildman–Crippen MR) is 61.2 cm³/mol. The molecule has 1 rings (SSSR count). The lowest BCUT2D eigenvalue weighted by atomic mass is 10.3. The van der Waals surface area contributed by atoms with Gasteiger partial charge in [0.15, 0.2) is 0 Å². The molecule has 0 radical (unpaired) electrons. The summed E-state index contributed by atoms with van der Waals surface area (Å²) < 4.78 is 0.910. The highest BCUT2D eigenvalue weighted by Crippen LogP contribution is 2.24. The van der Waals surface area contributed by atoms with E-state index in [9.17, 15) is 4.79 Å². The highest BCUT2D eigenvalue weighted by atomic mass is 79.9. The van der Waals surface area contributed by atoms with Crippen LogP contribution < -0.4 is 10.6 Å². The first-order valence-corrected chi connectivity index (χ1v) is 5.17. The van der Waals surface area contributed by atoms with E-state index in [0.29, 0.717) is 13.0 Å². The fourth-order valence-corrected chi connectivity index (χ4v) is 1.70. The minimum atomic E-state index is 0.0272. The molecule has 76 valence electrons. The number of anilines is 1. The number of para-hydroxylation sites is 1. The van der Waals surface area contributed by atoms with Crippen molar-refractivity contribution in [2.45, 2.75) is 6.42 Å². The molecule has 0 spiro atoms. The minimum Gasteiger partial charge on any atom is -0.330 e. The van der Waals surface area contributed by atoms with Crippen LogP contribution in [0.2, 0.25) is 0 Å². The Hall–Kier alpha value is -0.870. The highest BCUT2D eigenvalue weighted by molar-refractivity contribution is 9.10. The topological polar surface area (TPSA) is 46.3 Å². The normalized spacial score (nSPS) is 9.93. The van der Waals surface area contributed by atoms with Crippen LogP contribution >= 0.6 is 15.9 Å². The standard InChI is InChI=1S/C10H13BrN2O/c1-13(10(14)6-7-12)9-5-3-2-4-8(9)11/h2-5H,6-7,12H2,1H3. The molecule has 0 unspecified atom stereocenters. The van der Waals surface area contributed by atoms with E-state index in [0.717, 1.165) is 10.2 Å². The highest BCUT2D eigenvalue weighted by Gasteiger charge is 2.11. The van der Waals surface area contributed by atoms with Crippen molar-refractivity contribution in [3.63, 3.8) is 0 Å². The number of halogens is 1. The zero-order chi connectivity index (χ0) is 10.6. The molecule has 0 aromatic heterocycles. The van der Waals surface area contributed by atoms with Gasteiger partial charge in [0.2, 0.25) is 5.91 Å². The molecule has 0 heterocycles. The van der Waals surface area contributed by atoms with Crippen LogP contribution in [0.1, 0.15) is 6.42 Å². The first-order chi connectivity index (χ1) is 6.66. The Morgan fingerprint density at radius 2 is 2.14 bits per heavy atom.